The maximum Gasteiger partial charge on any atom is 0.0625 e. The molecule has 0 amide bonds. The summed E-state index contributed by atoms with van der Waals surface area (Å²) in [7, 11) is 0. The first-order chi connectivity index (χ1) is 8.15. The fraction of sp³-hybridized carbons (Fsp3) is 0.143. The van der Waals surface area contributed by atoms with Gasteiger partial charge in [-0.25, -0.2) is 0 Å². The number of rotatable bonds is 3. The highest BCUT2D eigenvalue weighted by molar-refractivity contribution is 9.10. The van der Waals surface area contributed by atoms with Gasteiger partial charge in [-0.2, -0.15) is 0 Å². The number of alkyl halides is 1. The first-order valence-corrected chi connectivity index (χ1v) is 7.31. The fourth-order valence-corrected chi connectivity index (χ4v) is 2.69. The van der Waals surface area contributed by atoms with Crippen LogP contribution >= 0.6 is 43.5 Å². The minimum atomic E-state index is 0.0115. The van der Waals surface area contributed by atoms with Crippen LogP contribution in [0.3, 0.4) is 0 Å². The van der Waals surface area contributed by atoms with Gasteiger partial charge in [-0.05, 0) is 41.8 Å². The van der Waals surface area contributed by atoms with Gasteiger partial charge in [-0.3, -0.25) is 0 Å². The van der Waals surface area contributed by atoms with E-state index in [0.717, 1.165) is 20.9 Å². The normalized spacial score (nSPS) is 12.4. The number of hydrogen-bond acceptors (Lipinski definition) is 0. The highest BCUT2D eigenvalue weighted by atomic mass is 79.9. The molecule has 0 radical (unpaired) electrons. The van der Waals surface area contributed by atoms with E-state index in [0.29, 0.717) is 0 Å². The molecule has 88 valence electrons. The Bertz CT molecular complexity index is 494. The molecule has 0 heterocycles. The zero-order valence-corrected chi connectivity index (χ0v) is 13.0. The predicted octanol–water partition coefficient (Wildman–Crippen LogP) is 5.73. The number of hydrogen-bond donors (Lipinski definition) is 0. The van der Waals surface area contributed by atoms with Crippen molar-refractivity contribution in [3.63, 3.8) is 0 Å². The van der Waals surface area contributed by atoms with Crippen molar-refractivity contribution >= 4 is 43.5 Å². The zero-order chi connectivity index (χ0) is 12.3. The van der Waals surface area contributed by atoms with Crippen molar-refractivity contribution in [2.75, 3.05) is 0 Å². The largest absolute Gasteiger partial charge is 0.117 e. The Hall–Kier alpha value is -0.310. The van der Waals surface area contributed by atoms with Crippen molar-refractivity contribution in [2.45, 2.75) is 11.8 Å². The minimum absolute atomic E-state index is 0.0115. The highest BCUT2D eigenvalue weighted by Crippen LogP contribution is 2.27. The van der Waals surface area contributed by atoms with Gasteiger partial charge in [-0.1, -0.05) is 56.1 Å². The maximum absolute atomic E-state index is 6.41. The van der Waals surface area contributed by atoms with Gasteiger partial charge in [0.2, 0.25) is 0 Å². The summed E-state index contributed by atoms with van der Waals surface area (Å²) in [6, 6.07) is 16.4. The molecule has 0 nitrogen and oxygen atoms in total. The molecule has 2 rings (SSSR count). The van der Waals surface area contributed by atoms with E-state index in [9.17, 15) is 0 Å². The highest BCUT2D eigenvalue weighted by Gasteiger charge is 2.08. The summed E-state index contributed by atoms with van der Waals surface area (Å²) in [5.74, 6) is 0. The van der Waals surface area contributed by atoms with E-state index in [1.807, 2.05) is 24.3 Å². The maximum atomic E-state index is 6.41. The van der Waals surface area contributed by atoms with Crippen molar-refractivity contribution < 1.29 is 0 Å². The average molecular weight is 375 g/mol. The predicted molar refractivity (Wildman–Crippen MR) is 80.6 cm³/mol. The van der Waals surface area contributed by atoms with Gasteiger partial charge in [0.15, 0.2) is 0 Å². The van der Waals surface area contributed by atoms with Crippen molar-refractivity contribution in [3.8, 4) is 0 Å². The van der Waals surface area contributed by atoms with Crippen LogP contribution in [0, 0.1) is 0 Å². The van der Waals surface area contributed by atoms with E-state index < -0.39 is 0 Å². The molecular weight excluding hydrogens is 363 g/mol. The van der Waals surface area contributed by atoms with Crippen LogP contribution in [0.25, 0.3) is 0 Å². The van der Waals surface area contributed by atoms with Gasteiger partial charge >= 0.3 is 0 Å². The molecule has 0 aliphatic heterocycles. The average Bonchev–Trinajstić information content (AvgIpc) is 2.29. The van der Waals surface area contributed by atoms with E-state index in [2.05, 4.69) is 56.1 Å². The summed E-state index contributed by atoms with van der Waals surface area (Å²) in [5.41, 5.74) is 2.39. The molecule has 3 heteroatoms. The molecule has 0 bridgehead atoms. The van der Waals surface area contributed by atoms with E-state index in [1.165, 1.54) is 5.56 Å². The molecule has 1 atom stereocenters. The Balaban J connectivity index is 2.11. The molecule has 2 aromatic carbocycles. The Morgan fingerprint density at radius 3 is 2.29 bits per heavy atom. The molecule has 0 fully saturated rings. The van der Waals surface area contributed by atoms with E-state index in [1.54, 1.807) is 0 Å². The molecule has 0 saturated carbocycles. The first kappa shape index (κ1) is 13.1. The SMILES string of the molecule is ClC(Cc1cccc(Br)c1)c1ccc(Br)cc1. The van der Waals surface area contributed by atoms with Crippen LogP contribution in [-0.2, 0) is 6.42 Å². The minimum Gasteiger partial charge on any atom is -0.117 e. The molecule has 0 spiro atoms. The third-order valence-corrected chi connectivity index (χ3v) is 3.96. The standard InChI is InChI=1S/C14H11Br2Cl/c15-12-6-4-11(5-7-12)14(17)9-10-2-1-3-13(16)8-10/h1-8,14H,9H2. The van der Waals surface area contributed by atoms with Crippen molar-refractivity contribution in [3.05, 3.63) is 68.6 Å². The Labute approximate surface area is 123 Å². The van der Waals surface area contributed by atoms with Gasteiger partial charge in [0.1, 0.15) is 0 Å². The van der Waals surface area contributed by atoms with Gasteiger partial charge in [0.25, 0.3) is 0 Å². The lowest BCUT2D eigenvalue weighted by Gasteiger charge is -2.10. The Morgan fingerprint density at radius 2 is 1.65 bits per heavy atom. The van der Waals surface area contributed by atoms with Crippen molar-refractivity contribution in [2.24, 2.45) is 0 Å². The van der Waals surface area contributed by atoms with Crippen molar-refractivity contribution in [1.82, 2.24) is 0 Å². The van der Waals surface area contributed by atoms with Crippen LogP contribution in [-0.4, -0.2) is 0 Å². The molecular formula is C14H11Br2Cl. The van der Waals surface area contributed by atoms with Gasteiger partial charge in [0.05, 0.1) is 5.38 Å². The molecule has 1 unspecified atom stereocenters. The smallest absolute Gasteiger partial charge is 0.0625 e. The van der Waals surface area contributed by atoms with Crippen LogP contribution in [0.2, 0.25) is 0 Å². The van der Waals surface area contributed by atoms with Crippen LogP contribution in [0.1, 0.15) is 16.5 Å². The quantitative estimate of drug-likeness (QED) is 0.602. The van der Waals surface area contributed by atoms with Crippen LogP contribution in [0.5, 0.6) is 0 Å². The third-order valence-electron chi connectivity index (χ3n) is 2.54. The fourth-order valence-electron chi connectivity index (χ4n) is 1.66. The summed E-state index contributed by atoms with van der Waals surface area (Å²) in [6.45, 7) is 0. The first-order valence-electron chi connectivity index (χ1n) is 5.29. The van der Waals surface area contributed by atoms with Crippen LogP contribution in [0.4, 0.5) is 0 Å². The van der Waals surface area contributed by atoms with Crippen LogP contribution in [0.15, 0.2) is 57.5 Å². The second kappa shape index (κ2) is 6.03. The molecule has 0 N–H and O–H groups in total. The summed E-state index contributed by atoms with van der Waals surface area (Å²) in [6.07, 6.45) is 0.836. The lowest BCUT2D eigenvalue weighted by molar-refractivity contribution is 0.919. The van der Waals surface area contributed by atoms with E-state index in [4.69, 9.17) is 11.6 Å². The topological polar surface area (TPSA) is 0 Å². The second-order valence-corrected chi connectivity index (χ2v) is 6.21. The van der Waals surface area contributed by atoms with Gasteiger partial charge < -0.3 is 0 Å². The van der Waals surface area contributed by atoms with E-state index in [-0.39, 0.29) is 5.38 Å². The lowest BCUT2D eigenvalue weighted by atomic mass is 10.0. The summed E-state index contributed by atoms with van der Waals surface area (Å²) < 4.78 is 2.17. The Morgan fingerprint density at radius 1 is 0.941 bits per heavy atom. The zero-order valence-electron chi connectivity index (χ0n) is 9.04. The third kappa shape index (κ3) is 3.84. The van der Waals surface area contributed by atoms with Crippen molar-refractivity contribution in [1.29, 1.82) is 0 Å². The number of benzene rings is 2. The summed E-state index contributed by atoms with van der Waals surface area (Å²) >= 11 is 13.3. The molecule has 0 aliphatic carbocycles. The molecule has 0 saturated heterocycles. The Kier molecular flexibility index (Phi) is 4.66. The van der Waals surface area contributed by atoms with E-state index >= 15 is 0 Å². The van der Waals surface area contributed by atoms with Gasteiger partial charge in [-0.15, -0.1) is 11.6 Å². The number of halogens is 3. The monoisotopic (exact) mass is 372 g/mol. The summed E-state index contributed by atoms with van der Waals surface area (Å²) in [5, 5.41) is 0.0115. The molecule has 0 aliphatic rings. The lowest BCUT2D eigenvalue weighted by Crippen LogP contribution is -1.95. The second-order valence-electron chi connectivity index (χ2n) is 3.85. The summed E-state index contributed by atoms with van der Waals surface area (Å²) in [4.78, 5) is 0. The molecule has 0 aromatic heterocycles. The molecule has 17 heavy (non-hydrogen) atoms. The molecule has 2 aromatic rings. The van der Waals surface area contributed by atoms with Crippen LogP contribution < -0.4 is 0 Å². The van der Waals surface area contributed by atoms with Gasteiger partial charge in [0, 0.05) is 8.95 Å².